The third-order valence-electron chi connectivity index (χ3n) is 2.53. The van der Waals surface area contributed by atoms with E-state index >= 15 is 0 Å². The van der Waals surface area contributed by atoms with Crippen molar-refractivity contribution in [1.82, 2.24) is 9.97 Å². The first-order valence-electron chi connectivity index (χ1n) is 6.03. The van der Waals surface area contributed by atoms with E-state index in [2.05, 4.69) is 15.4 Å². The van der Waals surface area contributed by atoms with Crippen LogP contribution in [0.25, 0.3) is 0 Å². The topological polar surface area (TPSA) is 125 Å². The van der Waals surface area contributed by atoms with Gasteiger partial charge in [0.05, 0.1) is 0 Å². The lowest BCUT2D eigenvalue weighted by Gasteiger charge is -2.09. The zero-order chi connectivity index (χ0) is 15.2. The Kier molecular flexibility index (Phi) is 4.64. The molecule has 110 valence electrons. The van der Waals surface area contributed by atoms with Gasteiger partial charge in [-0.05, 0) is 24.3 Å². The molecule has 1 amide bonds. The number of hydrogen-bond acceptors (Lipinski definition) is 7. The minimum atomic E-state index is -0.499. The molecule has 0 radical (unpaired) electrons. The van der Waals surface area contributed by atoms with E-state index in [9.17, 15) is 4.79 Å². The average Bonchev–Trinajstić information content (AvgIpc) is 2.48. The van der Waals surface area contributed by atoms with Gasteiger partial charge in [0.15, 0.2) is 5.82 Å². The Morgan fingerprint density at radius 2 is 2.00 bits per heavy atom. The van der Waals surface area contributed by atoms with Crippen LogP contribution in [0.1, 0.15) is 16.2 Å². The van der Waals surface area contributed by atoms with Gasteiger partial charge in [0.25, 0.3) is 0 Å². The van der Waals surface area contributed by atoms with Crippen LogP contribution in [0, 0.1) is 0 Å². The molecule has 0 bridgehead atoms. The summed E-state index contributed by atoms with van der Waals surface area (Å²) in [6.45, 7) is 0.229. The molecule has 0 unspecified atom stereocenters. The molecule has 21 heavy (non-hydrogen) atoms. The summed E-state index contributed by atoms with van der Waals surface area (Å²) in [4.78, 5) is 19.3. The highest BCUT2D eigenvalue weighted by molar-refractivity contribution is 5.92. The SMILES string of the molecule is COCc1nc(NN)cc(Oc2ccc(C(N)=O)cc2)n1. The first kappa shape index (κ1) is 14.7. The van der Waals surface area contributed by atoms with E-state index in [1.54, 1.807) is 30.3 Å². The van der Waals surface area contributed by atoms with Crippen molar-refractivity contribution in [3.63, 3.8) is 0 Å². The second-order valence-corrected chi connectivity index (χ2v) is 4.08. The predicted octanol–water partition coefficient (Wildman–Crippen LogP) is 0.800. The highest BCUT2D eigenvalue weighted by Gasteiger charge is 2.07. The number of methoxy groups -OCH3 is 1. The predicted molar refractivity (Wildman–Crippen MR) is 75.6 cm³/mol. The van der Waals surface area contributed by atoms with Crippen LogP contribution in [0.4, 0.5) is 5.82 Å². The fraction of sp³-hybridized carbons (Fsp3) is 0.154. The van der Waals surface area contributed by atoms with Crippen LogP contribution in [-0.4, -0.2) is 23.0 Å². The summed E-state index contributed by atoms with van der Waals surface area (Å²) in [5, 5.41) is 0. The second-order valence-electron chi connectivity index (χ2n) is 4.08. The number of nitrogens with two attached hydrogens (primary N) is 2. The zero-order valence-electron chi connectivity index (χ0n) is 11.4. The number of anilines is 1. The first-order valence-corrected chi connectivity index (χ1v) is 6.03. The average molecular weight is 289 g/mol. The molecule has 1 aromatic carbocycles. The summed E-state index contributed by atoms with van der Waals surface area (Å²) < 4.78 is 10.6. The van der Waals surface area contributed by atoms with Gasteiger partial charge in [0.2, 0.25) is 11.8 Å². The first-order chi connectivity index (χ1) is 10.1. The van der Waals surface area contributed by atoms with Crippen molar-refractivity contribution in [2.24, 2.45) is 11.6 Å². The quantitative estimate of drug-likeness (QED) is 0.530. The summed E-state index contributed by atoms with van der Waals surface area (Å²) in [6.07, 6.45) is 0. The van der Waals surface area contributed by atoms with Crippen molar-refractivity contribution in [2.45, 2.75) is 6.61 Å². The third-order valence-corrected chi connectivity index (χ3v) is 2.53. The van der Waals surface area contributed by atoms with Crippen molar-refractivity contribution in [2.75, 3.05) is 12.5 Å². The highest BCUT2D eigenvalue weighted by atomic mass is 16.5. The molecule has 0 aliphatic heterocycles. The van der Waals surface area contributed by atoms with Gasteiger partial charge in [-0.15, -0.1) is 0 Å². The Hall–Kier alpha value is -2.71. The minimum absolute atomic E-state index is 0.229. The number of hydrazine groups is 1. The molecule has 0 aliphatic carbocycles. The number of amides is 1. The van der Waals surface area contributed by atoms with Crippen LogP contribution < -0.4 is 21.7 Å². The van der Waals surface area contributed by atoms with Gasteiger partial charge in [-0.25, -0.2) is 10.8 Å². The lowest BCUT2D eigenvalue weighted by Crippen LogP contribution is -2.11. The van der Waals surface area contributed by atoms with Crippen molar-refractivity contribution in [1.29, 1.82) is 0 Å². The van der Waals surface area contributed by atoms with Gasteiger partial charge >= 0.3 is 0 Å². The summed E-state index contributed by atoms with van der Waals surface area (Å²) >= 11 is 0. The molecule has 8 nitrogen and oxygen atoms in total. The highest BCUT2D eigenvalue weighted by Crippen LogP contribution is 2.22. The van der Waals surface area contributed by atoms with Crippen LogP contribution in [0.15, 0.2) is 30.3 Å². The molecule has 8 heteroatoms. The molecule has 5 N–H and O–H groups in total. The number of ether oxygens (including phenoxy) is 2. The standard InChI is InChI=1S/C13H15N5O3/c1-20-7-11-16-10(18-15)6-12(17-11)21-9-4-2-8(3-5-9)13(14)19/h2-6H,7,15H2,1H3,(H2,14,19)(H,16,17,18). The molecule has 0 atom stereocenters. The van der Waals surface area contributed by atoms with Gasteiger partial charge in [-0.2, -0.15) is 4.98 Å². The molecule has 0 aliphatic rings. The van der Waals surface area contributed by atoms with Crippen molar-refractivity contribution >= 4 is 11.7 Å². The van der Waals surface area contributed by atoms with E-state index in [1.165, 1.54) is 7.11 Å². The molecule has 0 fully saturated rings. The lowest BCUT2D eigenvalue weighted by molar-refractivity contribution is 0.100. The smallest absolute Gasteiger partial charge is 0.248 e. The third kappa shape index (κ3) is 3.88. The monoisotopic (exact) mass is 289 g/mol. The Morgan fingerprint density at radius 1 is 1.29 bits per heavy atom. The van der Waals surface area contributed by atoms with Gasteiger partial charge in [0, 0.05) is 18.7 Å². The fourth-order valence-electron chi connectivity index (χ4n) is 1.60. The number of aromatic nitrogens is 2. The second kappa shape index (κ2) is 6.64. The lowest BCUT2D eigenvalue weighted by atomic mass is 10.2. The fourth-order valence-corrected chi connectivity index (χ4v) is 1.60. The van der Waals surface area contributed by atoms with Gasteiger partial charge in [0.1, 0.15) is 18.2 Å². The number of rotatable bonds is 6. The van der Waals surface area contributed by atoms with E-state index in [0.29, 0.717) is 28.8 Å². The van der Waals surface area contributed by atoms with Crippen molar-refractivity contribution < 1.29 is 14.3 Å². The van der Waals surface area contributed by atoms with Crippen LogP contribution in [0.3, 0.4) is 0 Å². The summed E-state index contributed by atoms with van der Waals surface area (Å²) in [5.41, 5.74) is 8.00. The van der Waals surface area contributed by atoms with E-state index in [-0.39, 0.29) is 6.61 Å². The molecule has 1 heterocycles. The number of nitrogen functional groups attached to an aromatic ring is 1. The molecule has 0 saturated heterocycles. The Balaban J connectivity index is 2.21. The largest absolute Gasteiger partial charge is 0.439 e. The van der Waals surface area contributed by atoms with Crippen molar-refractivity contribution in [3.05, 3.63) is 41.7 Å². The van der Waals surface area contributed by atoms with Crippen LogP contribution >= 0.6 is 0 Å². The zero-order valence-corrected chi connectivity index (χ0v) is 11.4. The molecular weight excluding hydrogens is 274 g/mol. The van der Waals surface area contributed by atoms with Crippen LogP contribution in [-0.2, 0) is 11.3 Å². The van der Waals surface area contributed by atoms with E-state index in [4.69, 9.17) is 21.1 Å². The normalized spacial score (nSPS) is 10.2. The van der Waals surface area contributed by atoms with E-state index in [1.807, 2.05) is 0 Å². The van der Waals surface area contributed by atoms with E-state index in [0.717, 1.165) is 0 Å². The number of carbonyl (C=O) groups excluding carboxylic acids is 1. The molecule has 0 spiro atoms. The van der Waals surface area contributed by atoms with Gasteiger partial charge in [-0.1, -0.05) is 0 Å². The number of nitrogens with one attached hydrogen (secondary N) is 1. The Labute approximate surface area is 121 Å². The van der Waals surface area contributed by atoms with Crippen LogP contribution in [0.2, 0.25) is 0 Å². The number of primary amides is 1. The maximum Gasteiger partial charge on any atom is 0.248 e. The Bertz CT molecular complexity index is 630. The number of carbonyl (C=O) groups is 1. The van der Waals surface area contributed by atoms with Gasteiger partial charge < -0.3 is 20.6 Å². The molecule has 1 aromatic heterocycles. The number of nitrogens with zero attached hydrogens (tertiary/aromatic N) is 2. The maximum atomic E-state index is 11.0. The minimum Gasteiger partial charge on any atom is -0.439 e. The molecule has 2 aromatic rings. The maximum absolute atomic E-state index is 11.0. The Morgan fingerprint density at radius 3 is 2.57 bits per heavy atom. The van der Waals surface area contributed by atoms with Crippen LogP contribution in [0.5, 0.6) is 11.6 Å². The number of hydrogen-bond donors (Lipinski definition) is 3. The van der Waals surface area contributed by atoms with E-state index < -0.39 is 5.91 Å². The molecule has 0 saturated carbocycles. The van der Waals surface area contributed by atoms with Crippen molar-refractivity contribution in [3.8, 4) is 11.6 Å². The molecule has 2 rings (SSSR count). The van der Waals surface area contributed by atoms with Gasteiger partial charge in [-0.3, -0.25) is 4.79 Å². The summed E-state index contributed by atoms with van der Waals surface area (Å²) in [6, 6.07) is 7.91. The molecular formula is C13H15N5O3. The number of benzene rings is 1. The summed E-state index contributed by atoms with van der Waals surface area (Å²) in [5.74, 6) is 6.48. The summed E-state index contributed by atoms with van der Waals surface area (Å²) in [7, 11) is 1.54.